The van der Waals surface area contributed by atoms with Crippen molar-refractivity contribution in [1.29, 1.82) is 0 Å². The largest absolute Gasteiger partial charge is 0.390 e. The van der Waals surface area contributed by atoms with Crippen LogP contribution in [-0.2, 0) is 83.8 Å². The molecule has 0 amide bonds. The first-order valence-corrected chi connectivity index (χ1v) is 45.4. The Morgan fingerprint density at radius 1 is 0.415 bits per heavy atom. The number of anilines is 8. The molecule has 15 rings (SSSR count). The number of aryl methyl sites for hydroxylation is 4. The SMILES string of the molecule is CN(Cc1ccccc1)c1nccc(N[C@@H]2C[C@H](COS(N)(=O)=O)[C@@H](O)[C@H]2O)n1.Cc1nc(N[C@H]2CCc3ccccc32)cc(N[C@@H]2C[C@H](COS(N)(=O)=O)[C@@H](O)[C@H]2O)n1.NS(=O)(=O)OC[C@H]1C[C@@H](Nc2cc(N[C@H]3CCc4cc(Cl)ccc43)ncn2)[C@H](O)[C@@H]1O.NS(=O)(=O)OC[C@H]1C[C@@H](Nc2cc(N[C@H]3CCc4cc(F)c(F)cc43)ncn2)[C@H](O)[C@@H]1O. The summed E-state index contributed by atoms with van der Waals surface area (Å²) in [6.45, 7) is 1.14. The number of rotatable bonds is 29. The second kappa shape index (κ2) is 40.5. The van der Waals surface area contributed by atoms with Gasteiger partial charge in [-0.05, 0) is 140 Å². The van der Waals surface area contributed by atoms with Gasteiger partial charge in [0.1, 0.15) is 83.6 Å². The van der Waals surface area contributed by atoms with E-state index in [1.165, 1.54) is 47.0 Å². The topological polar surface area (TPSA) is 630 Å². The summed E-state index contributed by atoms with van der Waals surface area (Å²) in [5, 5.41) is 124. The van der Waals surface area contributed by atoms with Gasteiger partial charge in [-0.3, -0.25) is 16.7 Å². The molecule has 47 heteroatoms. The third-order valence-electron chi connectivity index (χ3n) is 22.3. The highest BCUT2D eigenvalue weighted by Crippen LogP contribution is 2.40. The molecule has 0 saturated heterocycles. The van der Waals surface area contributed by atoms with Crippen molar-refractivity contribution >= 4 is 99.5 Å². The van der Waals surface area contributed by atoms with Crippen LogP contribution in [0.15, 0.2) is 128 Å². The summed E-state index contributed by atoms with van der Waals surface area (Å²) >= 11 is 6.08. The molecule has 4 heterocycles. The van der Waals surface area contributed by atoms with E-state index in [4.69, 9.17) is 32.2 Å². The number of hydrogen-bond donors (Lipinski definition) is 19. The van der Waals surface area contributed by atoms with E-state index in [-0.39, 0.29) is 63.8 Å². The molecule has 40 nitrogen and oxygen atoms in total. The molecule has 0 spiro atoms. The van der Waals surface area contributed by atoms with Crippen molar-refractivity contribution in [2.24, 2.45) is 44.2 Å². The zero-order valence-corrected chi connectivity index (χ0v) is 70.3. The minimum absolute atomic E-state index is 0.105. The maximum Gasteiger partial charge on any atom is 0.333 e. The summed E-state index contributed by atoms with van der Waals surface area (Å²) in [5.41, 5.74) is 7.52. The molecular weight excluding hydrogens is 1710 g/mol. The predicted octanol–water partition coefficient (Wildman–Crippen LogP) is 2.05. The molecule has 0 aliphatic heterocycles. The molecule has 123 heavy (non-hydrogen) atoms. The first kappa shape index (κ1) is 93.1. The van der Waals surface area contributed by atoms with E-state index >= 15 is 0 Å². The van der Waals surface area contributed by atoms with Crippen molar-refractivity contribution in [2.75, 3.05) is 75.6 Å². The fourth-order valence-corrected chi connectivity index (χ4v) is 17.9. The molecule has 7 aliphatic rings. The molecule has 4 aromatic carbocycles. The Labute approximate surface area is 713 Å². The number of nitrogens with two attached hydrogens (primary N) is 4. The van der Waals surface area contributed by atoms with Crippen LogP contribution in [0.4, 0.5) is 55.5 Å². The summed E-state index contributed by atoms with van der Waals surface area (Å²) in [4.78, 5) is 36.2. The van der Waals surface area contributed by atoms with Crippen LogP contribution < -0.4 is 62.7 Å². The average Bonchev–Trinajstić information content (AvgIpc) is 1.68. The van der Waals surface area contributed by atoms with Crippen LogP contribution in [0, 0.1) is 42.2 Å². The molecular formula is C76H99ClF2N20O20S4. The van der Waals surface area contributed by atoms with Crippen molar-refractivity contribution < 1.29 is 100 Å². The average molecular weight is 1810 g/mol. The van der Waals surface area contributed by atoms with E-state index in [2.05, 4.69) is 106 Å². The molecule has 23 N–H and O–H groups in total. The summed E-state index contributed by atoms with van der Waals surface area (Å²) < 4.78 is 133. The van der Waals surface area contributed by atoms with Crippen LogP contribution >= 0.6 is 11.6 Å². The Hall–Kier alpha value is -9.09. The van der Waals surface area contributed by atoms with Gasteiger partial charge in [0.25, 0.3) is 0 Å². The van der Waals surface area contributed by atoms with Crippen LogP contribution in [-0.4, -0.2) is 221 Å². The highest BCUT2D eigenvalue weighted by Gasteiger charge is 2.46. The van der Waals surface area contributed by atoms with Crippen LogP contribution in [0.3, 0.4) is 0 Å². The Balaban J connectivity index is 0.000000150. The van der Waals surface area contributed by atoms with Gasteiger partial charge in [-0.2, -0.15) is 38.7 Å². The van der Waals surface area contributed by atoms with E-state index < -0.39 is 150 Å². The van der Waals surface area contributed by atoms with Crippen LogP contribution in [0.25, 0.3) is 0 Å². The van der Waals surface area contributed by atoms with Gasteiger partial charge >= 0.3 is 41.2 Å². The standard InChI is InChI=1S/C20H27N5O5S.C19H24ClN5O5S.C19H23F2N5O5S.C18H25N5O5S/c1-11-22-17(24-15-7-6-12-4-2-3-5-14(12)15)9-18(23-11)25-16-8-13(19(26)20(16)27)10-30-31(21,28)29;20-12-2-3-13-10(5-12)1-4-14(13)24-16-7-17(23-9-22-16)25-15-6-11(18(26)19(15)27)8-30-31(21,28)29;20-12-3-9-1-2-14(11(9)5-13(12)21)25-16-6-17(24-8-23-16)26-15-4-10(18(27)19(15)28)7-31-32(22,29)30;1-23(10-12-5-3-2-4-6-12)18-20-8-7-15(22-18)21-14-9-13(16(24)17(14)25)11-28-29(19,26)27/h2-5,9,13,15-16,19-20,26-27H,6-8,10H2,1H3,(H2,21,28,29)(H2,22,23,24,25);2-3,5,7,9,11,14-15,18-19,26-27H,1,4,6,8H2,(H2,21,28,29)(H2,22,23,24,25);3,5-6,8,10,14-15,18-19,27-28H,1-2,4,7H2,(H2,22,29,30)(H2,23,24,25,26);2-8,13-14,16-17,24-25H,9-11H2,1H3,(H2,19,26,27)(H,20,21,22)/t13-,15+,16-,19-,20+;11-,14+,15-,18-,19+;10-,14+,15-,18-,19+;13-,14-,16-,17+/m1111/s1. The van der Waals surface area contributed by atoms with Crippen molar-refractivity contribution in [3.05, 3.63) is 189 Å². The van der Waals surface area contributed by atoms with E-state index in [9.17, 15) is 83.3 Å². The van der Waals surface area contributed by atoms with Gasteiger partial charge in [0.2, 0.25) is 5.95 Å². The number of benzene rings is 4. The van der Waals surface area contributed by atoms with Crippen molar-refractivity contribution in [2.45, 2.75) is 169 Å². The van der Waals surface area contributed by atoms with Gasteiger partial charge in [-0.25, -0.2) is 64.2 Å². The lowest BCUT2D eigenvalue weighted by molar-refractivity contribution is 0.00775. The number of hydrogen-bond acceptors (Lipinski definition) is 36. The third kappa shape index (κ3) is 25.8. The molecule has 4 saturated carbocycles. The Bertz CT molecular complexity index is 5450. The number of aliphatic hydroxyl groups excluding tert-OH is 8. The lowest BCUT2D eigenvalue weighted by Gasteiger charge is -2.21. The Morgan fingerprint density at radius 2 is 0.780 bits per heavy atom. The third-order valence-corrected chi connectivity index (χ3v) is 24.4. The quantitative estimate of drug-likeness (QED) is 0.0319. The normalized spacial score (nSPS) is 26.9. The van der Waals surface area contributed by atoms with Gasteiger partial charge in [0.15, 0.2) is 11.6 Å². The fraction of sp³-hybridized carbons (Fsp3) is 0.474. The smallest absolute Gasteiger partial charge is 0.333 e. The lowest BCUT2D eigenvalue weighted by atomic mass is 10.1. The molecule has 19 atom stereocenters. The lowest BCUT2D eigenvalue weighted by Crippen LogP contribution is -2.36. The van der Waals surface area contributed by atoms with Gasteiger partial charge in [-0.15, -0.1) is 0 Å². The maximum absolute atomic E-state index is 13.7. The zero-order valence-electron chi connectivity index (χ0n) is 66.3. The summed E-state index contributed by atoms with van der Waals surface area (Å²) in [5.74, 6) is 0.415. The second-order valence-electron chi connectivity index (χ2n) is 31.1. The minimum Gasteiger partial charge on any atom is -0.390 e. The van der Waals surface area contributed by atoms with E-state index in [0.29, 0.717) is 83.9 Å². The monoisotopic (exact) mass is 1810 g/mol. The Morgan fingerprint density at radius 3 is 1.24 bits per heavy atom. The first-order chi connectivity index (χ1) is 58.2. The second-order valence-corrected chi connectivity index (χ2v) is 36.4. The van der Waals surface area contributed by atoms with E-state index in [1.807, 2.05) is 72.6 Å². The van der Waals surface area contributed by atoms with Crippen LogP contribution in [0.2, 0.25) is 5.02 Å². The van der Waals surface area contributed by atoms with E-state index in [1.54, 1.807) is 37.4 Å². The highest BCUT2D eigenvalue weighted by atomic mass is 35.5. The first-order valence-electron chi connectivity index (χ1n) is 39.1. The highest BCUT2D eigenvalue weighted by molar-refractivity contribution is 7.85. The van der Waals surface area contributed by atoms with Gasteiger partial charge < -0.3 is 83.0 Å². The number of nitrogens with one attached hydrogen (secondary N) is 7. The van der Waals surface area contributed by atoms with Crippen molar-refractivity contribution in [3.8, 4) is 0 Å². The summed E-state index contributed by atoms with van der Waals surface area (Å²) in [7, 11) is -14.6. The van der Waals surface area contributed by atoms with Gasteiger partial charge in [0, 0.05) is 66.7 Å². The fourth-order valence-electron chi connectivity index (χ4n) is 16.2. The minimum atomic E-state index is -4.16. The number of aromatic nitrogens is 8. The van der Waals surface area contributed by atoms with Crippen LogP contribution in [0.1, 0.15) is 108 Å². The number of aliphatic hydroxyl groups is 8. The summed E-state index contributed by atoms with van der Waals surface area (Å²) in [6, 6.07) is 31.0. The summed E-state index contributed by atoms with van der Waals surface area (Å²) in [6.07, 6.45) is 1.29. The number of fused-ring (bicyclic) bond motifs is 3. The van der Waals surface area contributed by atoms with E-state index in [0.717, 1.165) is 41.8 Å². The molecule has 0 bridgehead atoms. The maximum atomic E-state index is 13.7. The number of nitrogens with zero attached hydrogens (tertiary/aromatic N) is 9. The number of halogens is 3. The van der Waals surface area contributed by atoms with Gasteiger partial charge in [-0.1, -0.05) is 72.3 Å². The molecule has 668 valence electrons. The zero-order chi connectivity index (χ0) is 88.4. The molecule has 8 aromatic rings. The molecule has 0 radical (unpaired) electrons. The van der Waals surface area contributed by atoms with Gasteiger partial charge in [0.05, 0.1) is 93.1 Å². The molecule has 0 unspecified atom stereocenters. The molecule has 4 aromatic heterocycles. The molecule has 7 aliphatic carbocycles. The molecule has 4 fully saturated rings. The predicted molar refractivity (Wildman–Crippen MR) is 446 cm³/mol. The Kier molecular flexibility index (Phi) is 30.6. The van der Waals surface area contributed by atoms with Crippen LogP contribution in [0.5, 0.6) is 0 Å². The van der Waals surface area contributed by atoms with Crippen molar-refractivity contribution in [3.63, 3.8) is 0 Å². The van der Waals surface area contributed by atoms with Crippen molar-refractivity contribution in [1.82, 2.24) is 39.9 Å².